The molecule has 3 aromatic rings. The van der Waals surface area contributed by atoms with Gasteiger partial charge in [-0.2, -0.15) is 0 Å². The van der Waals surface area contributed by atoms with Crippen LogP contribution in [0.1, 0.15) is 0 Å². The standard InChI is InChI=1S/C14H10N2O/c17-14-12(11-5-3-7-15-9-11)8-10-4-1-2-6-13(10)16-14/h1-9H,(H,16,17). The van der Waals surface area contributed by atoms with E-state index in [1.54, 1.807) is 12.4 Å². The molecule has 0 aliphatic carbocycles. The van der Waals surface area contributed by atoms with Crippen LogP contribution in [0.2, 0.25) is 0 Å². The van der Waals surface area contributed by atoms with Crippen molar-refractivity contribution in [2.24, 2.45) is 0 Å². The van der Waals surface area contributed by atoms with Crippen molar-refractivity contribution in [1.82, 2.24) is 9.97 Å². The van der Waals surface area contributed by atoms with E-state index in [1.807, 2.05) is 42.5 Å². The Morgan fingerprint density at radius 3 is 2.76 bits per heavy atom. The second-order valence-electron chi connectivity index (χ2n) is 3.84. The number of hydrogen-bond donors (Lipinski definition) is 1. The Morgan fingerprint density at radius 2 is 1.94 bits per heavy atom. The van der Waals surface area contributed by atoms with Crippen molar-refractivity contribution in [2.75, 3.05) is 0 Å². The summed E-state index contributed by atoms with van der Waals surface area (Å²) in [4.78, 5) is 18.9. The number of aromatic nitrogens is 2. The van der Waals surface area contributed by atoms with E-state index in [0.29, 0.717) is 5.56 Å². The average Bonchev–Trinajstić information content (AvgIpc) is 2.39. The highest BCUT2D eigenvalue weighted by Crippen LogP contribution is 2.18. The van der Waals surface area contributed by atoms with Crippen molar-refractivity contribution in [3.05, 3.63) is 65.2 Å². The van der Waals surface area contributed by atoms with E-state index < -0.39 is 0 Å². The normalized spacial score (nSPS) is 10.6. The second kappa shape index (κ2) is 3.87. The van der Waals surface area contributed by atoms with Crippen LogP contribution in [0.3, 0.4) is 0 Å². The van der Waals surface area contributed by atoms with Crippen molar-refractivity contribution in [3.8, 4) is 11.1 Å². The molecule has 0 amide bonds. The molecule has 3 heteroatoms. The van der Waals surface area contributed by atoms with E-state index in [2.05, 4.69) is 9.97 Å². The third kappa shape index (κ3) is 1.72. The maximum atomic E-state index is 12.0. The smallest absolute Gasteiger partial charge is 0.256 e. The third-order valence-corrected chi connectivity index (χ3v) is 2.73. The van der Waals surface area contributed by atoms with Crippen molar-refractivity contribution < 1.29 is 0 Å². The first-order valence-corrected chi connectivity index (χ1v) is 5.37. The maximum Gasteiger partial charge on any atom is 0.256 e. The number of nitrogens with zero attached hydrogens (tertiary/aromatic N) is 1. The lowest BCUT2D eigenvalue weighted by Crippen LogP contribution is -2.08. The molecule has 82 valence electrons. The summed E-state index contributed by atoms with van der Waals surface area (Å²) in [6, 6.07) is 13.3. The highest BCUT2D eigenvalue weighted by atomic mass is 16.1. The first kappa shape index (κ1) is 9.78. The summed E-state index contributed by atoms with van der Waals surface area (Å²) < 4.78 is 0. The van der Waals surface area contributed by atoms with E-state index in [0.717, 1.165) is 16.5 Å². The van der Waals surface area contributed by atoms with E-state index in [4.69, 9.17) is 0 Å². The Morgan fingerprint density at radius 1 is 1.06 bits per heavy atom. The zero-order valence-electron chi connectivity index (χ0n) is 9.05. The quantitative estimate of drug-likeness (QED) is 0.687. The minimum Gasteiger partial charge on any atom is -0.321 e. The first-order chi connectivity index (χ1) is 8.34. The maximum absolute atomic E-state index is 12.0. The van der Waals surface area contributed by atoms with Crippen LogP contribution in [0.25, 0.3) is 22.0 Å². The number of para-hydroxylation sites is 1. The first-order valence-electron chi connectivity index (χ1n) is 5.37. The van der Waals surface area contributed by atoms with Crippen LogP contribution in [0.5, 0.6) is 0 Å². The van der Waals surface area contributed by atoms with Crippen LogP contribution in [0.4, 0.5) is 0 Å². The number of aromatic amines is 1. The molecule has 0 atom stereocenters. The fourth-order valence-electron chi connectivity index (χ4n) is 1.88. The minimum atomic E-state index is -0.0864. The van der Waals surface area contributed by atoms with Crippen molar-refractivity contribution in [2.45, 2.75) is 0 Å². The molecule has 1 aromatic carbocycles. The summed E-state index contributed by atoms with van der Waals surface area (Å²) in [5, 5.41) is 1.02. The lowest BCUT2D eigenvalue weighted by Gasteiger charge is -2.02. The largest absolute Gasteiger partial charge is 0.321 e. The van der Waals surface area contributed by atoms with E-state index in [1.165, 1.54) is 0 Å². The van der Waals surface area contributed by atoms with Gasteiger partial charge in [-0.15, -0.1) is 0 Å². The molecule has 0 radical (unpaired) electrons. The Hall–Kier alpha value is -2.42. The third-order valence-electron chi connectivity index (χ3n) is 2.73. The molecule has 2 heterocycles. The fourth-order valence-corrected chi connectivity index (χ4v) is 1.88. The Kier molecular flexibility index (Phi) is 2.22. The van der Waals surface area contributed by atoms with E-state index in [9.17, 15) is 4.79 Å². The van der Waals surface area contributed by atoms with Crippen LogP contribution < -0.4 is 5.56 Å². The van der Waals surface area contributed by atoms with Gasteiger partial charge in [0.1, 0.15) is 0 Å². The number of pyridine rings is 2. The number of fused-ring (bicyclic) bond motifs is 1. The molecule has 0 aliphatic rings. The van der Waals surface area contributed by atoms with Crippen LogP contribution >= 0.6 is 0 Å². The number of H-pyrrole nitrogens is 1. The molecule has 0 fully saturated rings. The molecule has 0 aliphatic heterocycles. The number of nitrogens with one attached hydrogen (secondary N) is 1. The van der Waals surface area contributed by atoms with Crippen molar-refractivity contribution >= 4 is 10.9 Å². The lowest BCUT2D eigenvalue weighted by atomic mass is 10.1. The van der Waals surface area contributed by atoms with E-state index in [-0.39, 0.29) is 5.56 Å². The van der Waals surface area contributed by atoms with Gasteiger partial charge in [-0.05, 0) is 23.6 Å². The van der Waals surface area contributed by atoms with Gasteiger partial charge in [0.2, 0.25) is 0 Å². The highest BCUT2D eigenvalue weighted by molar-refractivity contribution is 5.83. The molecule has 0 unspecified atom stereocenters. The molecule has 17 heavy (non-hydrogen) atoms. The molecule has 3 rings (SSSR count). The number of rotatable bonds is 1. The second-order valence-corrected chi connectivity index (χ2v) is 3.84. The summed E-state index contributed by atoms with van der Waals surface area (Å²) in [5.74, 6) is 0. The van der Waals surface area contributed by atoms with Gasteiger partial charge in [0.15, 0.2) is 0 Å². The topological polar surface area (TPSA) is 45.8 Å². The molecule has 0 bridgehead atoms. The van der Waals surface area contributed by atoms with Gasteiger partial charge in [0.05, 0.1) is 0 Å². The summed E-state index contributed by atoms with van der Waals surface area (Å²) in [6.07, 6.45) is 3.39. The molecular formula is C14H10N2O. The Balaban J connectivity index is 2.31. The predicted octanol–water partition coefficient (Wildman–Crippen LogP) is 2.59. The zero-order valence-corrected chi connectivity index (χ0v) is 9.05. The van der Waals surface area contributed by atoms with Crippen LogP contribution in [0, 0.1) is 0 Å². The lowest BCUT2D eigenvalue weighted by molar-refractivity contribution is 1.28. The number of benzene rings is 1. The zero-order chi connectivity index (χ0) is 11.7. The Labute approximate surface area is 97.8 Å². The monoisotopic (exact) mass is 222 g/mol. The SMILES string of the molecule is O=c1[nH]c2ccccc2cc1-c1cccnc1. The minimum absolute atomic E-state index is 0.0864. The van der Waals surface area contributed by atoms with Gasteiger partial charge >= 0.3 is 0 Å². The molecule has 0 saturated heterocycles. The van der Waals surface area contributed by atoms with Gasteiger partial charge < -0.3 is 4.98 Å². The van der Waals surface area contributed by atoms with Gasteiger partial charge in [-0.3, -0.25) is 9.78 Å². The Bertz CT molecular complexity index is 717. The molecule has 1 N–H and O–H groups in total. The summed E-state index contributed by atoms with van der Waals surface area (Å²) in [5.41, 5.74) is 2.25. The van der Waals surface area contributed by atoms with Crippen molar-refractivity contribution in [3.63, 3.8) is 0 Å². The molecule has 0 saturated carbocycles. The van der Waals surface area contributed by atoms with Gasteiger partial charge in [0, 0.05) is 29.0 Å². The fraction of sp³-hybridized carbons (Fsp3) is 0. The van der Waals surface area contributed by atoms with Crippen LogP contribution in [-0.4, -0.2) is 9.97 Å². The van der Waals surface area contributed by atoms with Crippen molar-refractivity contribution in [1.29, 1.82) is 0 Å². The van der Waals surface area contributed by atoms with E-state index >= 15 is 0 Å². The average molecular weight is 222 g/mol. The molecule has 3 nitrogen and oxygen atoms in total. The summed E-state index contributed by atoms with van der Waals surface area (Å²) in [6.45, 7) is 0. The van der Waals surface area contributed by atoms with Crippen LogP contribution in [-0.2, 0) is 0 Å². The number of hydrogen-bond acceptors (Lipinski definition) is 2. The predicted molar refractivity (Wildman–Crippen MR) is 67.8 cm³/mol. The molecule has 2 aromatic heterocycles. The van der Waals surface area contributed by atoms with Gasteiger partial charge in [-0.1, -0.05) is 24.3 Å². The highest BCUT2D eigenvalue weighted by Gasteiger charge is 2.04. The summed E-state index contributed by atoms with van der Waals surface area (Å²) >= 11 is 0. The van der Waals surface area contributed by atoms with Gasteiger partial charge in [-0.25, -0.2) is 0 Å². The molecular weight excluding hydrogens is 212 g/mol. The summed E-state index contributed by atoms with van der Waals surface area (Å²) in [7, 11) is 0. The molecule has 0 spiro atoms. The van der Waals surface area contributed by atoms with Crippen LogP contribution in [0.15, 0.2) is 59.7 Å². The van der Waals surface area contributed by atoms with Gasteiger partial charge in [0.25, 0.3) is 5.56 Å².